The van der Waals surface area contributed by atoms with E-state index in [1.165, 1.54) is 18.3 Å². The number of nitrogens with one attached hydrogen (secondary N) is 1. The van der Waals surface area contributed by atoms with E-state index in [1.54, 1.807) is 18.2 Å². The fraction of sp³-hybridized carbons (Fsp3) is 0.267. The second-order valence-corrected chi connectivity index (χ2v) is 4.65. The van der Waals surface area contributed by atoms with Crippen molar-refractivity contribution in [2.24, 2.45) is 5.92 Å². The fourth-order valence-electron chi connectivity index (χ4n) is 1.40. The first-order valence-corrected chi connectivity index (χ1v) is 6.25. The molecular weight excluding hydrogens is 270 g/mol. The zero-order chi connectivity index (χ0) is 15.8. The molecule has 108 valence electrons. The number of nitrogens with zero attached hydrogens (tertiary/aromatic N) is 2. The summed E-state index contributed by atoms with van der Waals surface area (Å²) >= 11 is 0. The van der Waals surface area contributed by atoms with Crippen molar-refractivity contribution in [1.82, 2.24) is 0 Å². The molecule has 0 aliphatic heterocycles. The average molecular weight is 285 g/mol. The highest BCUT2D eigenvalue weighted by Crippen LogP contribution is 2.26. The maximum absolute atomic E-state index is 11.0. The minimum Gasteiger partial charge on any atom is -0.491 e. The summed E-state index contributed by atoms with van der Waals surface area (Å²) < 4.78 is 5.58. The van der Waals surface area contributed by atoms with E-state index in [2.05, 4.69) is 5.32 Å². The molecule has 1 aromatic carbocycles. The molecule has 0 amide bonds. The first-order valence-electron chi connectivity index (χ1n) is 6.25. The van der Waals surface area contributed by atoms with Crippen LogP contribution in [0.15, 0.2) is 30.0 Å². The van der Waals surface area contributed by atoms with Gasteiger partial charge < -0.3 is 15.2 Å². The molecule has 0 aliphatic carbocycles. The Morgan fingerprint density at radius 1 is 1.43 bits per heavy atom. The third-order valence-electron chi connectivity index (χ3n) is 2.41. The first kappa shape index (κ1) is 16.1. The highest BCUT2D eigenvalue weighted by atomic mass is 16.5. The highest BCUT2D eigenvalue weighted by molar-refractivity contribution is 5.89. The third kappa shape index (κ3) is 4.88. The van der Waals surface area contributed by atoms with E-state index in [0.29, 0.717) is 24.0 Å². The van der Waals surface area contributed by atoms with Crippen molar-refractivity contribution in [3.63, 3.8) is 0 Å². The predicted molar refractivity (Wildman–Crippen MR) is 76.7 cm³/mol. The Balaban J connectivity index is 3.08. The quantitative estimate of drug-likeness (QED) is 0.778. The number of nitriles is 2. The number of aromatic carboxylic acids is 1. The molecule has 0 radical (unpaired) electrons. The fourth-order valence-corrected chi connectivity index (χ4v) is 1.40. The molecule has 0 heterocycles. The summed E-state index contributed by atoms with van der Waals surface area (Å²) in [5.74, 6) is -0.306. The molecule has 1 rings (SSSR count). The molecule has 0 fully saturated rings. The van der Waals surface area contributed by atoms with E-state index in [4.69, 9.17) is 20.4 Å². The molecule has 1 aromatic rings. The number of allylic oxidation sites excluding steroid dienone is 1. The topological polar surface area (TPSA) is 106 Å². The number of carboxylic acids is 1. The van der Waals surface area contributed by atoms with Crippen molar-refractivity contribution in [2.45, 2.75) is 13.8 Å². The zero-order valence-electron chi connectivity index (χ0n) is 11.8. The van der Waals surface area contributed by atoms with Gasteiger partial charge in [0.25, 0.3) is 0 Å². The van der Waals surface area contributed by atoms with E-state index in [1.807, 2.05) is 13.8 Å². The van der Waals surface area contributed by atoms with Gasteiger partial charge in [-0.1, -0.05) is 13.8 Å². The highest BCUT2D eigenvalue weighted by Gasteiger charge is 2.10. The SMILES string of the molecule is CC(C)COc1ccc(C(=O)O)cc1NC=C(C#N)C#N. The van der Waals surface area contributed by atoms with Gasteiger partial charge in [-0.25, -0.2) is 4.79 Å². The number of carboxylic acid groups (broad SMARTS) is 1. The Kier molecular flexibility index (Phi) is 5.79. The van der Waals surface area contributed by atoms with Crippen molar-refractivity contribution in [3.05, 3.63) is 35.5 Å². The predicted octanol–water partition coefficient (Wildman–Crippen LogP) is 2.76. The summed E-state index contributed by atoms with van der Waals surface area (Å²) in [7, 11) is 0. The number of hydrogen-bond acceptors (Lipinski definition) is 5. The van der Waals surface area contributed by atoms with Gasteiger partial charge in [0, 0.05) is 6.20 Å². The largest absolute Gasteiger partial charge is 0.491 e. The Morgan fingerprint density at radius 3 is 2.62 bits per heavy atom. The van der Waals surface area contributed by atoms with Crippen LogP contribution in [0.1, 0.15) is 24.2 Å². The van der Waals surface area contributed by atoms with E-state index >= 15 is 0 Å². The average Bonchev–Trinajstić information content (AvgIpc) is 2.46. The second-order valence-electron chi connectivity index (χ2n) is 4.65. The number of hydrogen-bond donors (Lipinski definition) is 2. The molecule has 0 atom stereocenters. The molecular formula is C15H15N3O3. The summed E-state index contributed by atoms with van der Waals surface area (Å²) in [6.07, 6.45) is 1.21. The lowest BCUT2D eigenvalue weighted by molar-refractivity contribution is 0.0697. The molecule has 2 N–H and O–H groups in total. The van der Waals surface area contributed by atoms with Crippen LogP contribution in [0.25, 0.3) is 0 Å². The van der Waals surface area contributed by atoms with Gasteiger partial charge in [-0.2, -0.15) is 10.5 Å². The van der Waals surface area contributed by atoms with Crippen molar-refractivity contribution >= 4 is 11.7 Å². The Hall–Kier alpha value is -2.99. The van der Waals surface area contributed by atoms with E-state index in [9.17, 15) is 4.79 Å². The van der Waals surface area contributed by atoms with Gasteiger partial charge in [-0.05, 0) is 24.1 Å². The normalized spacial score (nSPS) is 9.38. The van der Waals surface area contributed by atoms with Crippen molar-refractivity contribution in [2.75, 3.05) is 11.9 Å². The lowest BCUT2D eigenvalue weighted by Crippen LogP contribution is -2.07. The van der Waals surface area contributed by atoms with Gasteiger partial charge >= 0.3 is 5.97 Å². The van der Waals surface area contributed by atoms with Gasteiger partial charge in [0.05, 0.1) is 17.9 Å². The minimum atomic E-state index is -1.07. The Labute approximate surface area is 122 Å². The maximum atomic E-state index is 11.0. The van der Waals surface area contributed by atoms with Crippen molar-refractivity contribution < 1.29 is 14.6 Å². The Bertz CT molecular complexity index is 621. The van der Waals surface area contributed by atoms with Crippen LogP contribution in [-0.4, -0.2) is 17.7 Å². The first-order chi connectivity index (χ1) is 9.97. The number of rotatable bonds is 6. The second kappa shape index (κ2) is 7.56. The van der Waals surface area contributed by atoms with Crippen LogP contribution in [0.3, 0.4) is 0 Å². The van der Waals surface area contributed by atoms with Gasteiger partial charge in [-0.3, -0.25) is 0 Å². The standard InChI is InChI=1S/C15H15N3O3/c1-10(2)9-21-14-4-3-12(15(19)20)5-13(14)18-8-11(6-16)7-17/h3-5,8,10,18H,9H2,1-2H3,(H,19,20). The van der Waals surface area contributed by atoms with Crippen LogP contribution in [-0.2, 0) is 0 Å². The van der Waals surface area contributed by atoms with E-state index in [-0.39, 0.29) is 11.1 Å². The van der Waals surface area contributed by atoms with Gasteiger partial charge in [-0.15, -0.1) is 0 Å². The van der Waals surface area contributed by atoms with Crippen LogP contribution in [0.2, 0.25) is 0 Å². The summed E-state index contributed by atoms with van der Waals surface area (Å²) in [4.78, 5) is 11.0. The number of benzene rings is 1. The van der Waals surface area contributed by atoms with Crippen LogP contribution in [0.5, 0.6) is 5.75 Å². The lowest BCUT2D eigenvalue weighted by Gasteiger charge is -2.13. The summed E-state index contributed by atoms with van der Waals surface area (Å²) in [5.41, 5.74) is 0.349. The number of ether oxygens (including phenoxy) is 1. The lowest BCUT2D eigenvalue weighted by atomic mass is 10.2. The molecule has 0 saturated heterocycles. The zero-order valence-corrected chi connectivity index (χ0v) is 11.8. The van der Waals surface area contributed by atoms with Crippen molar-refractivity contribution in [1.29, 1.82) is 10.5 Å². The maximum Gasteiger partial charge on any atom is 0.335 e. The number of carbonyl (C=O) groups is 1. The van der Waals surface area contributed by atoms with Crippen LogP contribution in [0.4, 0.5) is 5.69 Å². The van der Waals surface area contributed by atoms with Gasteiger partial charge in [0.2, 0.25) is 0 Å². The Morgan fingerprint density at radius 2 is 2.10 bits per heavy atom. The van der Waals surface area contributed by atoms with Crippen LogP contribution in [0, 0.1) is 28.6 Å². The van der Waals surface area contributed by atoms with Gasteiger partial charge in [0.15, 0.2) is 0 Å². The summed E-state index contributed by atoms with van der Waals surface area (Å²) in [6, 6.07) is 7.78. The van der Waals surface area contributed by atoms with E-state index in [0.717, 1.165) is 0 Å². The molecule has 6 heteroatoms. The summed E-state index contributed by atoms with van der Waals surface area (Å²) in [6.45, 7) is 4.44. The third-order valence-corrected chi connectivity index (χ3v) is 2.41. The molecule has 6 nitrogen and oxygen atoms in total. The van der Waals surface area contributed by atoms with Crippen LogP contribution >= 0.6 is 0 Å². The molecule has 0 saturated carbocycles. The smallest absolute Gasteiger partial charge is 0.335 e. The molecule has 0 bridgehead atoms. The summed E-state index contributed by atoms with van der Waals surface area (Å²) in [5, 5.41) is 29.1. The van der Waals surface area contributed by atoms with Crippen LogP contribution < -0.4 is 10.1 Å². The minimum absolute atomic E-state index is 0.0817. The molecule has 0 unspecified atom stereocenters. The monoisotopic (exact) mass is 285 g/mol. The molecule has 0 aliphatic rings. The van der Waals surface area contributed by atoms with Gasteiger partial charge in [0.1, 0.15) is 23.5 Å². The molecule has 0 spiro atoms. The van der Waals surface area contributed by atoms with E-state index < -0.39 is 5.97 Å². The van der Waals surface area contributed by atoms with Crippen molar-refractivity contribution in [3.8, 4) is 17.9 Å². The number of anilines is 1. The molecule has 0 aromatic heterocycles. The molecule has 21 heavy (non-hydrogen) atoms.